The number of halogens is 2. The van der Waals surface area contributed by atoms with E-state index >= 15 is 0 Å². The molecule has 1 nitrogen and oxygen atoms in total. The predicted octanol–water partition coefficient (Wildman–Crippen LogP) is 4.79. The summed E-state index contributed by atoms with van der Waals surface area (Å²) in [5.41, 5.74) is 2.36. The molecule has 0 bridgehead atoms. The van der Waals surface area contributed by atoms with Crippen LogP contribution in [0.15, 0.2) is 29.6 Å². The average Bonchev–Trinajstić information content (AvgIpc) is 2.96. The van der Waals surface area contributed by atoms with E-state index < -0.39 is 0 Å². The van der Waals surface area contributed by atoms with Crippen molar-refractivity contribution >= 4 is 22.9 Å². The van der Waals surface area contributed by atoms with Crippen molar-refractivity contribution in [2.45, 2.75) is 37.6 Å². The van der Waals surface area contributed by atoms with E-state index in [-0.39, 0.29) is 11.9 Å². The second kappa shape index (κ2) is 6.47. The summed E-state index contributed by atoms with van der Waals surface area (Å²) in [7, 11) is 1.98. The third-order valence-electron chi connectivity index (χ3n) is 4.40. The second-order valence-corrected chi connectivity index (χ2v) is 7.04. The molecule has 3 rings (SSSR count). The number of benzene rings is 1. The number of rotatable bonds is 4. The second-order valence-electron chi connectivity index (χ2n) is 5.63. The minimum atomic E-state index is -0.218. The first kappa shape index (κ1) is 15.0. The van der Waals surface area contributed by atoms with Crippen LogP contribution in [0.1, 0.15) is 34.8 Å². The highest BCUT2D eigenvalue weighted by molar-refractivity contribution is 7.10. The lowest BCUT2D eigenvalue weighted by atomic mass is 9.80. The fourth-order valence-electron chi connectivity index (χ4n) is 3.32. The van der Waals surface area contributed by atoms with E-state index in [4.69, 9.17) is 11.6 Å². The molecule has 1 aromatic heterocycles. The van der Waals surface area contributed by atoms with E-state index in [1.807, 2.05) is 18.4 Å². The van der Waals surface area contributed by atoms with Crippen LogP contribution in [0.4, 0.5) is 4.39 Å². The first-order valence-corrected chi connectivity index (χ1v) is 8.62. The van der Waals surface area contributed by atoms with Gasteiger partial charge in [-0.05, 0) is 73.5 Å². The monoisotopic (exact) mass is 323 g/mol. The third-order valence-corrected chi connectivity index (χ3v) is 5.77. The van der Waals surface area contributed by atoms with Crippen LogP contribution in [-0.2, 0) is 12.8 Å². The highest BCUT2D eigenvalue weighted by Crippen LogP contribution is 2.38. The number of hydrogen-bond acceptors (Lipinski definition) is 2. The van der Waals surface area contributed by atoms with Crippen molar-refractivity contribution in [2.75, 3.05) is 7.05 Å². The van der Waals surface area contributed by atoms with Gasteiger partial charge in [-0.25, -0.2) is 4.39 Å². The summed E-state index contributed by atoms with van der Waals surface area (Å²) in [6.45, 7) is 0. The molecule has 1 aromatic carbocycles. The molecule has 1 heterocycles. The lowest BCUT2D eigenvalue weighted by molar-refractivity contribution is 0.413. The average molecular weight is 324 g/mol. The molecule has 0 saturated carbocycles. The van der Waals surface area contributed by atoms with Crippen molar-refractivity contribution < 1.29 is 4.39 Å². The highest BCUT2D eigenvalue weighted by atomic mass is 35.5. The largest absolute Gasteiger partial charge is 0.316 e. The summed E-state index contributed by atoms with van der Waals surface area (Å²) in [5, 5.41) is 6.26. The van der Waals surface area contributed by atoms with E-state index in [0.717, 1.165) is 12.0 Å². The quantitative estimate of drug-likeness (QED) is 0.853. The van der Waals surface area contributed by atoms with Crippen molar-refractivity contribution in [3.63, 3.8) is 0 Å². The van der Waals surface area contributed by atoms with Gasteiger partial charge in [-0.3, -0.25) is 0 Å². The molecule has 2 aromatic rings. The van der Waals surface area contributed by atoms with Crippen LogP contribution < -0.4 is 5.32 Å². The van der Waals surface area contributed by atoms with Crippen LogP contribution in [0.25, 0.3) is 0 Å². The number of thiophene rings is 1. The fraction of sp³-hybridized carbons (Fsp3) is 0.412. The molecule has 1 N–H and O–H groups in total. The van der Waals surface area contributed by atoms with Gasteiger partial charge in [0, 0.05) is 21.9 Å². The van der Waals surface area contributed by atoms with E-state index in [2.05, 4.69) is 16.8 Å². The van der Waals surface area contributed by atoms with Gasteiger partial charge in [-0.15, -0.1) is 11.3 Å². The summed E-state index contributed by atoms with van der Waals surface area (Å²) < 4.78 is 13.5. The van der Waals surface area contributed by atoms with Gasteiger partial charge in [0.15, 0.2) is 0 Å². The predicted molar refractivity (Wildman–Crippen MR) is 88.0 cm³/mol. The van der Waals surface area contributed by atoms with E-state index in [1.165, 1.54) is 35.8 Å². The molecule has 4 heteroatoms. The molecule has 1 aliphatic carbocycles. The molecule has 1 aliphatic rings. The molecular weight excluding hydrogens is 305 g/mol. The summed E-state index contributed by atoms with van der Waals surface area (Å²) in [4.78, 5) is 1.51. The zero-order chi connectivity index (χ0) is 14.8. The molecule has 2 unspecified atom stereocenters. The van der Waals surface area contributed by atoms with Crippen LogP contribution in [0.3, 0.4) is 0 Å². The number of fused-ring (bicyclic) bond motifs is 1. The molecule has 21 heavy (non-hydrogen) atoms. The summed E-state index contributed by atoms with van der Waals surface area (Å²) >= 11 is 8.08. The lowest BCUT2D eigenvalue weighted by Crippen LogP contribution is -2.35. The number of aryl methyl sites for hydroxylation is 1. The third kappa shape index (κ3) is 3.15. The van der Waals surface area contributed by atoms with Gasteiger partial charge in [-0.1, -0.05) is 11.6 Å². The Kier molecular flexibility index (Phi) is 4.63. The highest BCUT2D eigenvalue weighted by Gasteiger charge is 2.28. The number of hydrogen-bond donors (Lipinski definition) is 1. The molecule has 0 aliphatic heterocycles. The molecule has 0 radical (unpaired) electrons. The van der Waals surface area contributed by atoms with Gasteiger partial charge in [0.1, 0.15) is 5.82 Å². The van der Waals surface area contributed by atoms with Crippen LogP contribution in [0.5, 0.6) is 0 Å². The zero-order valence-corrected chi connectivity index (χ0v) is 13.6. The van der Waals surface area contributed by atoms with Gasteiger partial charge in [0.2, 0.25) is 0 Å². The molecule has 0 fully saturated rings. The van der Waals surface area contributed by atoms with E-state index in [0.29, 0.717) is 10.9 Å². The standard InChI is InChI=1S/C17H19ClFNS/c1-20-16(10-11-9-12(19)5-6-15(11)18)13-3-2-4-17-14(13)7-8-21-17/h5-9,13,16,20H,2-4,10H2,1H3. The van der Waals surface area contributed by atoms with Gasteiger partial charge < -0.3 is 5.32 Å². The number of nitrogens with one attached hydrogen (secondary N) is 1. The SMILES string of the molecule is CNC(Cc1cc(F)ccc1Cl)C1CCCc2sccc21. The van der Waals surface area contributed by atoms with Crippen molar-refractivity contribution in [3.8, 4) is 0 Å². The van der Waals surface area contributed by atoms with Crippen molar-refractivity contribution in [2.24, 2.45) is 0 Å². The molecule has 2 atom stereocenters. The van der Waals surface area contributed by atoms with Crippen LogP contribution in [0.2, 0.25) is 5.02 Å². The van der Waals surface area contributed by atoms with Crippen molar-refractivity contribution in [1.29, 1.82) is 0 Å². The van der Waals surface area contributed by atoms with Gasteiger partial charge in [-0.2, -0.15) is 0 Å². The first-order chi connectivity index (χ1) is 10.2. The fourth-order valence-corrected chi connectivity index (χ4v) is 4.51. The van der Waals surface area contributed by atoms with Gasteiger partial charge in [0.05, 0.1) is 0 Å². The van der Waals surface area contributed by atoms with Gasteiger partial charge >= 0.3 is 0 Å². The Morgan fingerprint density at radius 3 is 3.10 bits per heavy atom. The number of likely N-dealkylation sites (N-methyl/N-ethyl adjacent to an activating group) is 1. The van der Waals surface area contributed by atoms with E-state index in [1.54, 1.807) is 12.1 Å². The van der Waals surface area contributed by atoms with Crippen molar-refractivity contribution in [3.05, 3.63) is 56.5 Å². The maximum atomic E-state index is 13.5. The lowest BCUT2D eigenvalue weighted by Gasteiger charge is -2.31. The molecule has 112 valence electrons. The zero-order valence-electron chi connectivity index (χ0n) is 12.0. The Labute approximate surface area is 134 Å². The molecule has 0 spiro atoms. The maximum Gasteiger partial charge on any atom is 0.123 e. The molecule has 0 amide bonds. The van der Waals surface area contributed by atoms with Crippen LogP contribution in [-0.4, -0.2) is 13.1 Å². The van der Waals surface area contributed by atoms with Crippen LogP contribution >= 0.6 is 22.9 Å². The minimum Gasteiger partial charge on any atom is -0.316 e. The topological polar surface area (TPSA) is 12.0 Å². The Morgan fingerprint density at radius 1 is 1.43 bits per heavy atom. The Bertz CT molecular complexity index is 625. The maximum absolute atomic E-state index is 13.5. The first-order valence-electron chi connectivity index (χ1n) is 7.36. The minimum absolute atomic E-state index is 0.218. The Hall–Kier alpha value is -0.900. The Morgan fingerprint density at radius 2 is 2.29 bits per heavy atom. The summed E-state index contributed by atoms with van der Waals surface area (Å²) in [6.07, 6.45) is 4.36. The van der Waals surface area contributed by atoms with Crippen molar-refractivity contribution in [1.82, 2.24) is 5.32 Å². The summed E-state index contributed by atoms with van der Waals surface area (Å²) in [6, 6.07) is 7.16. The smallest absolute Gasteiger partial charge is 0.123 e. The Balaban J connectivity index is 1.85. The van der Waals surface area contributed by atoms with E-state index in [9.17, 15) is 4.39 Å². The van der Waals surface area contributed by atoms with Crippen LogP contribution in [0, 0.1) is 5.82 Å². The molecule has 0 saturated heterocycles. The molecular formula is C17H19ClFNS. The van der Waals surface area contributed by atoms with Gasteiger partial charge in [0.25, 0.3) is 0 Å². The normalized spacial score (nSPS) is 19.3. The summed E-state index contributed by atoms with van der Waals surface area (Å²) in [5.74, 6) is 0.272.